The first-order chi connectivity index (χ1) is 14.1. The molecule has 0 saturated carbocycles. The topological polar surface area (TPSA) is 45.7 Å². The van der Waals surface area contributed by atoms with Gasteiger partial charge in [0.1, 0.15) is 0 Å². The molecule has 1 aliphatic heterocycles. The van der Waals surface area contributed by atoms with Gasteiger partial charge in [-0.15, -0.1) is 0 Å². The van der Waals surface area contributed by atoms with Crippen LogP contribution in [0.25, 0.3) is 10.2 Å². The lowest BCUT2D eigenvalue weighted by Gasteiger charge is -2.27. The maximum Gasteiger partial charge on any atom is 0.260 e. The molecule has 0 radical (unpaired) electrons. The second-order valence-corrected chi connectivity index (χ2v) is 8.56. The first-order valence-electron chi connectivity index (χ1n) is 10.2. The second kappa shape index (κ2) is 9.03. The van der Waals surface area contributed by atoms with Crippen molar-refractivity contribution in [2.45, 2.75) is 20.3 Å². The maximum atomic E-state index is 13.4. The number of aromatic nitrogens is 1. The lowest BCUT2D eigenvalue weighted by Crippen LogP contribution is -2.39. The third-order valence-electron chi connectivity index (χ3n) is 5.34. The summed E-state index contributed by atoms with van der Waals surface area (Å²) in [5.41, 5.74) is 3.98. The van der Waals surface area contributed by atoms with Gasteiger partial charge < -0.3 is 4.74 Å². The Morgan fingerprint density at radius 3 is 2.62 bits per heavy atom. The molecule has 3 aromatic rings. The summed E-state index contributed by atoms with van der Waals surface area (Å²) in [5.74, 6) is 0.0173. The van der Waals surface area contributed by atoms with Gasteiger partial charge in [-0.25, -0.2) is 4.98 Å². The average molecular weight is 410 g/mol. The summed E-state index contributed by atoms with van der Waals surface area (Å²) in [4.78, 5) is 22.5. The number of ether oxygens (including phenoxy) is 1. The summed E-state index contributed by atoms with van der Waals surface area (Å²) in [6.45, 7) is 9.24. The van der Waals surface area contributed by atoms with Crippen molar-refractivity contribution >= 4 is 32.6 Å². The van der Waals surface area contributed by atoms with Crippen LogP contribution in [0.4, 0.5) is 5.13 Å². The molecule has 2 aromatic carbocycles. The van der Waals surface area contributed by atoms with Crippen molar-refractivity contribution in [3.8, 4) is 0 Å². The van der Waals surface area contributed by atoms with Gasteiger partial charge in [0.15, 0.2) is 5.13 Å². The molecule has 1 saturated heterocycles. The van der Waals surface area contributed by atoms with Gasteiger partial charge in [0, 0.05) is 31.7 Å². The molecule has 0 spiro atoms. The van der Waals surface area contributed by atoms with Gasteiger partial charge in [0.25, 0.3) is 5.91 Å². The molecular weight excluding hydrogens is 382 g/mol. The van der Waals surface area contributed by atoms with Crippen LogP contribution in [-0.2, 0) is 4.74 Å². The predicted octanol–water partition coefficient (Wildman–Crippen LogP) is 4.28. The Balaban J connectivity index is 1.57. The Kier molecular flexibility index (Phi) is 6.23. The van der Waals surface area contributed by atoms with Gasteiger partial charge in [-0.1, -0.05) is 41.2 Å². The van der Waals surface area contributed by atoms with Gasteiger partial charge in [-0.2, -0.15) is 0 Å². The molecule has 1 fully saturated rings. The number of rotatable bonds is 6. The van der Waals surface area contributed by atoms with Gasteiger partial charge in [0.05, 0.1) is 23.4 Å². The number of morpholine rings is 1. The van der Waals surface area contributed by atoms with Gasteiger partial charge in [0.2, 0.25) is 0 Å². The highest BCUT2D eigenvalue weighted by molar-refractivity contribution is 7.22. The molecule has 0 atom stereocenters. The number of hydrogen-bond acceptors (Lipinski definition) is 5. The highest BCUT2D eigenvalue weighted by Crippen LogP contribution is 2.31. The van der Waals surface area contributed by atoms with E-state index in [1.807, 2.05) is 42.2 Å². The van der Waals surface area contributed by atoms with Crippen LogP contribution in [0.2, 0.25) is 0 Å². The number of carbonyl (C=O) groups is 1. The molecule has 152 valence electrons. The number of hydrogen-bond donors (Lipinski definition) is 0. The van der Waals surface area contributed by atoms with E-state index < -0.39 is 0 Å². The van der Waals surface area contributed by atoms with E-state index in [1.54, 1.807) is 11.3 Å². The molecule has 1 aliphatic rings. The van der Waals surface area contributed by atoms with Crippen molar-refractivity contribution in [1.29, 1.82) is 0 Å². The molecule has 1 amide bonds. The minimum absolute atomic E-state index is 0.0173. The average Bonchev–Trinajstić information content (AvgIpc) is 3.17. The van der Waals surface area contributed by atoms with Crippen molar-refractivity contribution in [2.24, 2.45) is 0 Å². The Bertz CT molecular complexity index is 977. The van der Waals surface area contributed by atoms with E-state index in [9.17, 15) is 4.79 Å². The number of benzene rings is 2. The molecule has 1 aromatic heterocycles. The molecule has 0 bridgehead atoms. The number of thiazole rings is 1. The summed E-state index contributed by atoms with van der Waals surface area (Å²) in [6.07, 6.45) is 0.909. The third-order valence-corrected chi connectivity index (χ3v) is 6.39. The van der Waals surface area contributed by atoms with E-state index in [0.29, 0.717) is 12.1 Å². The lowest BCUT2D eigenvalue weighted by atomic mass is 10.1. The Labute approximate surface area is 175 Å². The van der Waals surface area contributed by atoms with Crippen LogP contribution in [0, 0.1) is 13.8 Å². The van der Waals surface area contributed by atoms with Crippen molar-refractivity contribution in [3.05, 3.63) is 59.2 Å². The number of fused-ring (bicyclic) bond motifs is 1. The van der Waals surface area contributed by atoms with E-state index in [4.69, 9.17) is 9.72 Å². The zero-order chi connectivity index (χ0) is 20.2. The molecule has 0 N–H and O–H groups in total. The number of nitrogens with zero attached hydrogens (tertiary/aromatic N) is 3. The number of para-hydroxylation sites is 1. The first kappa shape index (κ1) is 20.0. The zero-order valence-electron chi connectivity index (χ0n) is 17.1. The molecule has 5 nitrogen and oxygen atoms in total. The van der Waals surface area contributed by atoms with E-state index in [0.717, 1.165) is 65.7 Å². The van der Waals surface area contributed by atoms with Crippen LogP contribution in [0.5, 0.6) is 0 Å². The van der Waals surface area contributed by atoms with Crippen molar-refractivity contribution in [2.75, 3.05) is 44.3 Å². The van der Waals surface area contributed by atoms with Crippen molar-refractivity contribution < 1.29 is 9.53 Å². The van der Waals surface area contributed by atoms with Gasteiger partial charge in [-0.05, 0) is 44.0 Å². The SMILES string of the molecule is Cc1ccc(C(=O)N(CCCN2CCOCC2)c2nc3c(C)cccc3s2)cc1. The van der Waals surface area contributed by atoms with Gasteiger partial charge >= 0.3 is 0 Å². The fraction of sp³-hybridized carbons (Fsp3) is 0.391. The van der Waals surface area contributed by atoms with E-state index in [1.165, 1.54) is 0 Å². The smallest absolute Gasteiger partial charge is 0.260 e. The van der Waals surface area contributed by atoms with Crippen LogP contribution in [0.3, 0.4) is 0 Å². The predicted molar refractivity (Wildman–Crippen MR) is 119 cm³/mol. The van der Waals surface area contributed by atoms with Gasteiger partial charge in [-0.3, -0.25) is 14.6 Å². The van der Waals surface area contributed by atoms with Crippen LogP contribution < -0.4 is 4.90 Å². The fourth-order valence-corrected chi connectivity index (χ4v) is 4.67. The first-order valence-corrected chi connectivity index (χ1v) is 11.0. The Hall–Kier alpha value is -2.28. The maximum absolute atomic E-state index is 13.4. The monoisotopic (exact) mass is 409 g/mol. The van der Waals surface area contributed by atoms with Crippen LogP contribution >= 0.6 is 11.3 Å². The molecule has 0 unspecified atom stereocenters. The normalized spacial score (nSPS) is 15.0. The molecule has 29 heavy (non-hydrogen) atoms. The molecule has 4 rings (SSSR count). The number of anilines is 1. The van der Waals surface area contributed by atoms with Crippen LogP contribution in [-0.4, -0.2) is 55.2 Å². The Morgan fingerprint density at radius 1 is 1.14 bits per heavy atom. The summed E-state index contributed by atoms with van der Waals surface area (Å²) >= 11 is 1.59. The number of carbonyl (C=O) groups excluding carboxylic acids is 1. The molecule has 6 heteroatoms. The number of amides is 1. The fourth-order valence-electron chi connectivity index (χ4n) is 3.60. The zero-order valence-corrected chi connectivity index (χ0v) is 17.9. The third kappa shape index (κ3) is 4.66. The molecule has 0 aliphatic carbocycles. The number of aryl methyl sites for hydroxylation is 2. The van der Waals surface area contributed by atoms with Crippen LogP contribution in [0.15, 0.2) is 42.5 Å². The quantitative estimate of drug-likeness (QED) is 0.610. The standard InChI is InChI=1S/C23H27N3O2S/c1-17-7-9-19(10-8-17)22(27)26(12-4-11-25-13-15-28-16-14-25)23-24-21-18(2)5-3-6-20(21)29-23/h3,5-10H,4,11-16H2,1-2H3. The molecule has 2 heterocycles. The summed E-state index contributed by atoms with van der Waals surface area (Å²) < 4.78 is 6.55. The summed E-state index contributed by atoms with van der Waals surface area (Å²) in [7, 11) is 0. The van der Waals surface area contributed by atoms with E-state index in [-0.39, 0.29) is 5.91 Å². The van der Waals surface area contributed by atoms with E-state index in [2.05, 4.69) is 24.0 Å². The van der Waals surface area contributed by atoms with E-state index >= 15 is 0 Å². The lowest BCUT2D eigenvalue weighted by molar-refractivity contribution is 0.0376. The highest BCUT2D eigenvalue weighted by atomic mass is 32.1. The van der Waals surface area contributed by atoms with Crippen molar-refractivity contribution in [3.63, 3.8) is 0 Å². The van der Waals surface area contributed by atoms with Crippen LogP contribution in [0.1, 0.15) is 27.9 Å². The highest BCUT2D eigenvalue weighted by Gasteiger charge is 2.22. The second-order valence-electron chi connectivity index (χ2n) is 7.55. The summed E-state index contributed by atoms with van der Waals surface area (Å²) in [6, 6.07) is 14.0. The summed E-state index contributed by atoms with van der Waals surface area (Å²) in [5, 5.41) is 0.779. The van der Waals surface area contributed by atoms with Crippen molar-refractivity contribution in [1.82, 2.24) is 9.88 Å². The Morgan fingerprint density at radius 2 is 1.90 bits per heavy atom. The molecular formula is C23H27N3O2S. The minimum Gasteiger partial charge on any atom is -0.379 e. The minimum atomic E-state index is 0.0173. The largest absolute Gasteiger partial charge is 0.379 e.